The highest BCUT2D eigenvalue weighted by atomic mass is 16.5. The number of hydrogen-bond donors (Lipinski definition) is 1. The number of hydrogen-bond acceptors (Lipinski definition) is 5. The molecular weight excluding hydrogens is 236 g/mol. The number of carbonyl (C=O) groups is 2. The van der Waals surface area contributed by atoms with Gasteiger partial charge in [-0.2, -0.15) is 0 Å². The smallest absolute Gasteiger partial charge is 0.338 e. The van der Waals surface area contributed by atoms with Crippen molar-refractivity contribution < 1.29 is 19.4 Å². The van der Waals surface area contributed by atoms with Crippen molar-refractivity contribution in [2.24, 2.45) is 0 Å². The molecule has 0 amide bonds. The quantitative estimate of drug-likeness (QED) is 0.803. The van der Waals surface area contributed by atoms with E-state index >= 15 is 0 Å². The first kappa shape index (κ1) is 12.3. The van der Waals surface area contributed by atoms with Gasteiger partial charge in [-0.25, -0.2) is 14.6 Å². The van der Waals surface area contributed by atoms with Gasteiger partial charge in [0.1, 0.15) is 11.9 Å². The lowest BCUT2D eigenvalue weighted by atomic mass is 10.2. The number of carboxylic acid groups (broad SMARTS) is 1. The highest BCUT2D eigenvalue weighted by molar-refractivity contribution is 5.90. The largest absolute Gasteiger partial charge is 0.480 e. The van der Waals surface area contributed by atoms with Crippen molar-refractivity contribution in [1.82, 2.24) is 4.98 Å². The second kappa shape index (κ2) is 5.03. The van der Waals surface area contributed by atoms with Gasteiger partial charge in [0.15, 0.2) is 0 Å². The van der Waals surface area contributed by atoms with Crippen LogP contribution in [0.2, 0.25) is 0 Å². The Hall–Kier alpha value is -2.11. The zero-order chi connectivity index (χ0) is 13.1. The van der Waals surface area contributed by atoms with E-state index in [0.29, 0.717) is 24.3 Å². The number of anilines is 1. The van der Waals surface area contributed by atoms with Crippen LogP contribution in [0.15, 0.2) is 18.3 Å². The van der Waals surface area contributed by atoms with Crippen LogP contribution in [0.4, 0.5) is 5.82 Å². The number of nitrogens with zero attached hydrogens (tertiary/aromatic N) is 2. The van der Waals surface area contributed by atoms with Crippen molar-refractivity contribution in [2.75, 3.05) is 18.6 Å². The maximum absolute atomic E-state index is 11.4. The lowest BCUT2D eigenvalue weighted by Gasteiger charge is -2.22. The summed E-state index contributed by atoms with van der Waals surface area (Å²) in [6.07, 6.45) is 2.89. The third-order valence-corrected chi connectivity index (χ3v) is 3.00. The Bertz CT molecular complexity index is 475. The maximum Gasteiger partial charge on any atom is 0.338 e. The van der Waals surface area contributed by atoms with Crippen LogP contribution in [0, 0.1) is 0 Å². The van der Waals surface area contributed by atoms with Crippen molar-refractivity contribution in [3.8, 4) is 0 Å². The number of ether oxygens (including phenoxy) is 1. The topological polar surface area (TPSA) is 79.7 Å². The van der Waals surface area contributed by atoms with Crippen LogP contribution in [0.25, 0.3) is 0 Å². The average molecular weight is 250 g/mol. The fourth-order valence-electron chi connectivity index (χ4n) is 2.12. The van der Waals surface area contributed by atoms with E-state index in [1.807, 2.05) is 0 Å². The molecule has 1 aromatic rings. The summed E-state index contributed by atoms with van der Waals surface area (Å²) in [5, 5.41) is 9.11. The first-order valence-corrected chi connectivity index (χ1v) is 5.67. The molecule has 1 N–H and O–H groups in total. The fraction of sp³-hybridized carbons (Fsp3) is 0.417. The van der Waals surface area contributed by atoms with Gasteiger partial charge >= 0.3 is 11.9 Å². The van der Waals surface area contributed by atoms with Gasteiger partial charge < -0.3 is 14.7 Å². The van der Waals surface area contributed by atoms with Crippen molar-refractivity contribution in [3.63, 3.8) is 0 Å². The Kier molecular flexibility index (Phi) is 3.45. The Morgan fingerprint density at radius 3 is 3.00 bits per heavy atom. The molecule has 1 aromatic heterocycles. The zero-order valence-electron chi connectivity index (χ0n) is 10.00. The van der Waals surface area contributed by atoms with Crippen molar-refractivity contribution in [1.29, 1.82) is 0 Å². The summed E-state index contributed by atoms with van der Waals surface area (Å²) in [4.78, 5) is 28.3. The normalized spacial score (nSPS) is 18.7. The van der Waals surface area contributed by atoms with Gasteiger partial charge in [-0.1, -0.05) is 0 Å². The van der Waals surface area contributed by atoms with Crippen LogP contribution in [0.5, 0.6) is 0 Å². The predicted molar refractivity (Wildman–Crippen MR) is 63.6 cm³/mol. The van der Waals surface area contributed by atoms with Gasteiger partial charge in [0.2, 0.25) is 0 Å². The van der Waals surface area contributed by atoms with Gasteiger partial charge in [-0.05, 0) is 25.0 Å². The Morgan fingerprint density at radius 1 is 1.56 bits per heavy atom. The van der Waals surface area contributed by atoms with Gasteiger partial charge in [-0.15, -0.1) is 0 Å². The second-order valence-corrected chi connectivity index (χ2v) is 4.08. The maximum atomic E-state index is 11.4. The second-order valence-electron chi connectivity index (χ2n) is 4.08. The number of methoxy groups -OCH3 is 1. The minimum absolute atomic E-state index is 0.374. The summed E-state index contributed by atoms with van der Waals surface area (Å²) in [5.41, 5.74) is 0.374. The summed E-state index contributed by atoms with van der Waals surface area (Å²) in [7, 11) is 1.30. The molecule has 18 heavy (non-hydrogen) atoms. The van der Waals surface area contributed by atoms with Crippen LogP contribution in [0.3, 0.4) is 0 Å². The van der Waals surface area contributed by atoms with Crippen molar-refractivity contribution in [2.45, 2.75) is 18.9 Å². The molecule has 1 aliphatic rings. The molecule has 1 saturated heterocycles. The number of aliphatic carboxylic acids is 1. The minimum Gasteiger partial charge on any atom is -0.480 e. The molecule has 1 unspecified atom stereocenters. The molecule has 2 heterocycles. The van der Waals surface area contributed by atoms with E-state index < -0.39 is 18.0 Å². The van der Waals surface area contributed by atoms with Crippen molar-refractivity contribution in [3.05, 3.63) is 23.9 Å². The van der Waals surface area contributed by atoms with Crippen LogP contribution >= 0.6 is 0 Å². The number of carboxylic acids is 1. The first-order chi connectivity index (χ1) is 8.63. The lowest BCUT2D eigenvalue weighted by Crippen LogP contribution is -2.36. The number of esters is 1. The minimum atomic E-state index is -0.863. The van der Waals surface area contributed by atoms with E-state index in [4.69, 9.17) is 5.11 Å². The van der Waals surface area contributed by atoms with Crippen LogP contribution in [-0.2, 0) is 9.53 Å². The Morgan fingerprint density at radius 2 is 2.33 bits per heavy atom. The summed E-state index contributed by atoms with van der Waals surface area (Å²) in [6, 6.07) is 2.54. The van der Waals surface area contributed by atoms with Gasteiger partial charge in [0.05, 0.1) is 12.7 Å². The molecule has 0 bridgehead atoms. The molecule has 6 heteroatoms. The SMILES string of the molecule is COC(=O)c1ccnc(N2CCCC2C(=O)O)c1. The van der Waals surface area contributed by atoms with Crippen LogP contribution < -0.4 is 4.90 Å². The lowest BCUT2D eigenvalue weighted by molar-refractivity contribution is -0.138. The van der Waals surface area contributed by atoms with Crippen LogP contribution in [-0.4, -0.2) is 41.7 Å². The van der Waals surface area contributed by atoms with Crippen molar-refractivity contribution >= 4 is 17.8 Å². The Balaban J connectivity index is 2.28. The number of aromatic nitrogens is 1. The molecule has 0 aromatic carbocycles. The number of carbonyl (C=O) groups excluding carboxylic acids is 1. The molecular formula is C12H14N2O4. The number of rotatable bonds is 3. The average Bonchev–Trinajstić information content (AvgIpc) is 2.87. The summed E-state index contributed by atoms with van der Waals surface area (Å²) < 4.78 is 4.63. The molecule has 0 spiro atoms. The molecule has 6 nitrogen and oxygen atoms in total. The zero-order valence-corrected chi connectivity index (χ0v) is 10.00. The molecule has 1 fully saturated rings. The molecule has 2 rings (SSSR count). The van der Waals surface area contributed by atoms with Gasteiger partial charge in [0.25, 0.3) is 0 Å². The van der Waals surface area contributed by atoms with E-state index in [9.17, 15) is 9.59 Å². The predicted octanol–water partition coefficient (Wildman–Crippen LogP) is 0.922. The fourth-order valence-corrected chi connectivity index (χ4v) is 2.12. The number of pyridine rings is 1. The monoisotopic (exact) mass is 250 g/mol. The molecule has 96 valence electrons. The third kappa shape index (κ3) is 2.27. The highest BCUT2D eigenvalue weighted by Gasteiger charge is 2.31. The van der Waals surface area contributed by atoms with Gasteiger partial charge in [0, 0.05) is 12.7 Å². The summed E-state index contributed by atoms with van der Waals surface area (Å²) >= 11 is 0. The molecule has 0 aliphatic carbocycles. The van der Waals surface area contributed by atoms with E-state index in [2.05, 4.69) is 9.72 Å². The van der Waals surface area contributed by atoms with Gasteiger partial charge in [-0.3, -0.25) is 0 Å². The van der Waals surface area contributed by atoms with E-state index in [1.54, 1.807) is 17.0 Å². The molecule has 0 saturated carbocycles. The summed E-state index contributed by atoms with van der Waals surface area (Å²) in [5.74, 6) is -0.815. The Labute approximate surface area is 104 Å². The molecule has 1 atom stereocenters. The first-order valence-electron chi connectivity index (χ1n) is 5.67. The molecule has 1 aliphatic heterocycles. The standard InChI is InChI=1S/C12H14N2O4/c1-18-12(17)8-4-5-13-10(7-8)14-6-2-3-9(14)11(15)16/h4-5,7,9H,2-3,6H2,1H3,(H,15,16). The third-order valence-electron chi connectivity index (χ3n) is 3.00. The van der Waals surface area contributed by atoms with Crippen LogP contribution in [0.1, 0.15) is 23.2 Å². The highest BCUT2D eigenvalue weighted by Crippen LogP contribution is 2.24. The van der Waals surface area contributed by atoms with E-state index in [-0.39, 0.29) is 0 Å². The molecule has 0 radical (unpaired) electrons. The van der Waals surface area contributed by atoms with E-state index in [0.717, 1.165) is 6.42 Å². The van der Waals surface area contributed by atoms with E-state index in [1.165, 1.54) is 13.3 Å². The summed E-state index contributed by atoms with van der Waals surface area (Å²) in [6.45, 7) is 0.634.